The van der Waals surface area contributed by atoms with Crippen molar-refractivity contribution in [1.82, 2.24) is 0 Å². The first kappa shape index (κ1) is 10.4. The van der Waals surface area contributed by atoms with Gasteiger partial charge in [-0.1, -0.05) is 17.2 Å². The van der Waals surface area contributed by atoms with Crippen LogP contribution in [0.4, 0.5) is 5.69 Å². The topological polar surface area (TPSA) is 52.0 Å². The van der Waals surface area contributed by atoms with E-state index in [-0.39, 0.29) is 0 Å². The standard InChI is InChI=1S/C10H14N4/c1-14(2)10-5-3-9(4-6-10)7-8-12-13-11/h3-6H,7-8H2,1-2H3. The monoisotopic (exact) mass is 190 g/mol. The average Bonchev–Trinajstić information content (AvgIpc) is 2.19. The lowest BCUT2D eigenvalue weighted by atomic mass is 10.1. The number of azide groups is 1. The molecule has 0 aliphatic carbocycles. The number of anilines is 1. The first-order chi connectivity index (χ1) is 6.74. The molecule has 0 saturated carbocycles. The van der Waals surface area contributed by atoms with Gasteiger partial charge in [0.05, 0.1) is 0 Å². The summed E-state index contributed by atoms with van der Waals surface area (Å²) < 4.78 is 0. The summed E-state index contributed by atoms with van der Waals surface area (Å²) in [7, 11) is 4.02. The summed E-state index contributed by atoms with van der Waals surface area (Å²) in [5.74, 6) is 0. The summed E-state index contributed by atoms with van der Waals surface area (Å²) in [5, 5.41) is 3.49. The van der Waals surface area contributed by atoms with Gasteiger partial charge in [-0.05, 0) is 29.6 Å². The van der Waals surface area contributed by atoms with Gasteiger partial charge in [0.2, 0.25) is 0 Å². The number of nitrogens with zero attached hydrogens (tertiary/aromatic N) is 4. The maximum atomic E-state index is 8.11. The third-order valence-corrected chi connectivity index (χ3v) is 2.02. The predicted molar refractivity (Wildman–Crippen MR) is 58.5 cm³/mol. The van der Waals surface area contributed by atoms with Gasteiger partial charge in [0.15, 0.2) is 0 Å². The second kappa shape index (κ2) is 5.14. The van der Waals surface area contributed by atoms with Gasteiger partial charge in [-0.2, -0.15) is 0 Å². The molecule has 1 aromatic rings. The second-order valence-electron chi connectivity index (χ2n) is 3.27. The molecular weight excluding hydrogens is 176 g/mol. The van der Waals surface area contributed by atoms with Gasteiger partial charge in [0.1, 0.15) is 0 Å². The lowest BCUT2D eigenvalue weighted by Crippen LogP contribution is -2.08. The first-order valence-electron chi connectivity index (χ1n) is 4.51. The number of hydrogen-bond donors (Lipinski definition) is 0. The van der Waals surface area contributed by atoms with Crippen molar-refractivity contribution in [2.75, 3.05) is 25.5 Å². The lowest BCUT2D eigenvalue weighted by Gasteiger charge is -2.12. The van der Waals surface area contributed by atoms with Crippen LogP contribution in [-0.2, 0) is 6.42 Å². The van der Waals surface area contributed by atoms with E-state index in [1.165, 1.54) is 11.3 Å². The van der Waals surface area contributed by atoms with E-state index in [9.17, 15) is 0 Å². The zero-order chi connectivity index (χ0) is 10.4. The van der Waals surface area contributed by atoms with Crippen LogP contribution in [0.15, 0.2) is 29.4 Å². The van der Waals surface area contributed by atoms with Crippen molar-refractivity contribution in [1.29, 1.82) is 0 Å². The highest BCUT2D eigenvalue weighted by Crippen LogP contribution is 2.12. The van der Waals surface area contributed by atoms with Crippen LogP contribution in [-0.4, -0.2) is 20.6 Å². The van der Waals surface area contributed by atoms with Crippen LogP contribution in [0.25, 0.3) is 10.4 Å². The molecule has 0 radical (unpaired) electrons. The predicted octanol–water partition coefficient (Wildman–Crippen LogP) is 2.61. The Labute approximate surface area is 83.8 Å². The molecule has 0 N–H and O–H groups in total. The van der Waals surface area contributed by atoms with E-state index >= 15 is 0 Å². The maximum Gasteiger partial charge on any atom is 0.0361 e. The summed E-state index contributed by atoms with van der Waals surface area (Å²) in [5.41, 5.74) is 10.5. The molecule has 0 spiro atoms. The van der Waals surface area contributed by atoms with E-state index < -0.39 is 0 Å². The zero-order valence-electron chi connectivity index (χ0n) is 8.51. The molecule has 14 heavy (non-hydrogen) atoms. The summed E-state index contributed by atoms with van der Waals surface area (Å²) >= 11 is 0. The van der Waals surface area contributed by atoms with E-state index in [0.717, 1.165) is 6.42 Å². The van der Waals surface area contributed by atoms with Crippen molar-refractivity contribution >= 4 is 5.69 Å². The quantitative estimate of drug-likeness (QED) is 0.409. The Hall–Kier alpha value is -1.67. The molecule has 0 aliphatic rings. The Kier molecular flexibility index (Phi) is 3.83. The molecule has 0 fully saturated rings. The Balaban J connectivity index is 2.59. The summed E-state index contributed by atoms with van der Waals surface area (Å²) in [6, 6.07) is 8.24. The Morgan fingerprint density at radius 3 is 2.43 bits per heavy atom. The molecule has 0 bridgehead atoms. The first-order valence-corrected chi connectivity index (χ1v) is 4.51. The van der Waals surface area contributed by atoms with Gasteiger partial charge in [0.25, 0.3) is 0 Å². The van der Waals surface area contributed by atoms with Crippen LogP contribution in [0.3, 0.4) is 0 Å². The van der Waals surface area contributed by atoms with Crippen molar-refractivity contribution in [2.45, 2.75) is 6.42 Å². The largest absolute Gasteiger partial charge is 0.378 e. The van der Waals surface area contributed by atoms with Gasteiger partial charge in [-0.25, -0.2) is 0 Å². The summed E-state index contributed by atoms with van der Waals surface area (Å²) in [4.78, 5) is 4.77. The number of hydrogen-bond acceptors (Lipinski definition) is 2. The molecule has 0 heterocycles. The molecule has 0 aromatic heterocycles. The van der Waals surface area contributed by atoms with E-state index in [0.29, 0.717) is 6.54 Å². The van der Waals surface area contributed by atoms with E-state index in [2.05, 4.69) is 39.2 Å². The fraction of sp³-hybridized carbons (Fsp3) is 0.400. The highest BCUT2D eigenvalue weighted by molar-refractivity contribution is 5.45. The van der Waals surface area contributed by atoms with E-state index in [4.69, 9.17) is 5.53 Å². The zero-order valence-corrected chi connectivity index (χ0v) is 8.51. The lowest BCUT2D eigenvalue weighted by molar-refractivity contribution is 0.955. The number of benzene rings is 1. The minimum atomic E-state index is 0.526. The Morgan fingerprint density at radius 2 is 1.93 bits per heavy atom. The van der Waals surface area contributed by atoms with Gasteiger partial charge in [-0.15, -0.1) is 0 Å². The normalized spacial score (nSPS) is 9.29. The van der Waals surface area contributed by atoms with Gasteiger partial charge in [0, 0.05) is 31.2 Å². The molecule has 0 aliphatic heterocycles. The van der Waals surface area contributed by atoms with Gasteiger partial charge in [-0.3, -0.25) is 0 Å². The van der Waals surface area contributed by atoms with Crippen LogP contribution < -0.4 is 4.90 Å². The fourth-order valence-electron chi connectivity index (χ4n) is 1.18. The third kappa shape index (κ3) is 2.99. The maximum absolute atomic E-state index is 8.11. The molecule has 4 heteroatoms. The number of rotatable bonds is 4. The molecule has 0 saturated heterocycles. The fourth-order valence-corrected chi connectivity index (χ4v) is 1.18. The van der Waals surface area contributed by atoms with Crippen molar-refractivity contribution in [3.8, 4) is 0 Å². The van der Waals surface area contributed by atoms with Crippen LogP contribution in [0.5, 0.6) is 0 Å². The highest BCUT2D eigenvalue weighted by atomic mass is 15.1. The van der Waals surface area contributed by atoms with Gasteiger partial charge >= 0.3 is 0 Å². The molecule has 1 rings (SSSR count). The molecular formula is C10H14N4. The molecule has 0 amide bonds. The van der Waals surface area contributed by atoms with Crippen LogP contribution in [0.2, 0.25) is 0 Å². The SMILES string of the molecule is CN(C)c1ccc(CCN=[N+]=[N-])cc1. The smallest absolute Gasteiger partial charge is 0.0361 e. The second-order valence-corrected chi connectivity index (χ2v) is 3.27. The molecule has 4 nitrogen and oxygen atoms in total. The van der Waals surface area contributed by atoms with Crippen molar-refractivity contribution in [3.05, 3.63) is 40.3 Å². The van der Waals surface area contributed by atoms with Crippen molar-refractivity contribution in [3.63, 3.8) is 0 Å². The molecule has 74 valence electrons. The van der Waals surface area contributed by atoms with E-state index in [1.807, 2.05) is 14.1 Å². The molecule has 0 unspecified atom stereocenters. The van der Waals surface area contributed by atoms with Crippen molar-refractivity contribution in [2.24, 2.45) is 5.11 Å². The summed E-state index contributed by atoms with van der Waals surface area (Å²) in [6.07, 6.45) is 0.803. The van der Waals surface area contributed by atoms with Crippen molar-refractivity contribution < 1.29 is 0 Å². The minimum absolute atomic E-state index is 0.526. The van der Waals surface area contributed by atoms with Crippen LogP contribution in [0.1, 0.15) is 5.56 Å². The minimum Gasteiger partial charge on any atom is -0.378 e. The van der Waals surface area contributed by atoms with Crippen LogP contribution in [0, 0.1) is 0 Å². The highest BCUT2D eigenvalue weighted by Gasteiger charge is 1.95. The Morgan fingerprint density at radius 1 is 1.29 bits per heavy atom. The molecule has 1 aromatic carbocycles. The third-order valence-electron chi connectivity index (χ3n) is 2.02. The molecule has 0 atom stereocenters. The van der Waals surface area contributed by atoms with E-state index in [1.54, 1.807) is 0 Å². The average molecular weight is 190 g/mol. The Bertz CT molecular complexity index is 322. The van der Waals surface area contributed by atoms with Gasteiger partial charge < -0.3 is 4.90 Å². The summed E-state index contributed by atoms with van der Waals surface area (Å²) in [6.45, 7) is 0.526. The van der Waals surface area contributed by atoms with Crippen LogP contribution >= 0.6 is 0 Å².